The Hall–Kier alpha value is -2.18. The van der Waals surface area contributed by atoms with Crippen LogP contribution in [0.3, 0.4) is 0 Å². The van der Waals surface area contributed by atoms with Crippen LogP contribution < -0.4 is 4.74 Å². The zero-order chi connectivity index (χ0) is 14.6. The number of rotatable bonds is 5. The molecule has 1 unspecified atom stereocenters. The number of carbonyl (C=O) groups excluding carboxylic acids is 1. The molecule has 104 valence electrons. The molecular formula is C12H14FNO5. The number of esters is 1. The predicted molar refractivity (Wildman–Crippen MR) is 64.7 cm³/mol. The van der Waals surface area contributed by atoms with Gasteiger partial charge in [0.2, 0.25) is 0 Å². The van der Waals surface area contributed by atoms with Crippen molar-refractivity contribution in [1.29, 1.82) is 0 Å². The van der Waals surface area contributed by atoms with Gasteiger partial charge in [0.25, 0.3) is 5.69 Å². The van der Waals surface area contributed by atoms with Crippen LogP contribution >= 0.6 is 0 Å². The number of ether oxygens (including phenoxy) is 2. The first kappa shape index (κ1) is 14.9. The number of benzene rings is 1. The molecule has 0 aliphatic rings. The third-order valence-corrected chi connectivity index (χ3v) is 2.39. The minimum atomic E-state index is -2.30. The van der Waals surface area contributed by atoms with E-state index in [0.29, 0.717) is 11.1 Å². The molecule has 0 N–H and O–H groups in total. The van der Waals surface area contributed by atoms with E-state index in [0.717, 1.165) is 6.07 Å². The predicted octanol–water partition coefficient (Wildman–Crippen LogP) is 2.45. The number of carbonyl (C=O) groups is 1. The van der Waals surface area contributed by atoms with Gasteiger partial charge in [-0.2, -0.15) is 4.39 Å². The lowest BCUT2D eigenvalue weighted by Crippen LogP contribution is -2.25. The molecule has 0 amide bonds. The fourth-order valence-electron chi connectivity index (χ4n) is 1.51. The average Bonchev–Trinajstić information content (AvgIpc) is 2.32. The van der Waals surface area contributed by atoms with E-state index in [1.165, 1.54) is 13.0 Å². The summed E-state index contributed by atoms with van der Waals surface area (Å²) in [5.41, 5.74) is 0.730. The number of halogens is 1. The van der Waals surface area contributed by atoms with Crippen LogP contribution in [0.25, 0.3) is 0 Å². The fraction of sp³-hybridized carbons (Fsp3) is 0.417. The lowest BCUT2D eigenvalue weighted by atomic mass is 10.1. The first-order chi connectivity index (χ1) is 8.86. The molecule has 0 radical (unpaired) electrons. The summed E-state index contributed by atoms with van der Waals surface area (Å²) in [5.74, 6) is -1.22. The second kappa shape index (κ2) is 6.12. The van der Waals surface area contributed by atoms with E-state index < -0.39 is 17.3 Å². The lowest BCUT2D eigenvalue weighted by molar-refractivity contribution is -0.385. The minimum Gasteiger partial charge on any atom is -0.461 e. The number of nitrogens with zero attached hydrogens (tertiary/aromatic N) is 1. The Morgan fingerprint density at radius 1 is 1.42 bits per heavy atom. The monoisotopic (exact) mass is 271 g/mol. The van der Waals surface area contributed by atoms with Crippen molar-refractivity contribution in [2.45, 2.75) is 27.1 Å². The summed E-state index contributed by atoms with van der Waals surface area (Å²) in [4.78, 5) is 21.3. The summed E-state index contributed by atoms with van der Waals surface area (Å²) >= 11 is 0. The minimum absolute atomic E-state index is 0.0235. The molecule has 0 aliphatic heterocycles. The maximum Gasteiger partial charge on any atom is 0.381 e. The molecule has 0 bridgehead atoms. The molecule has 1 atom stereocenters. The van der Waals surface area contributed by atoms with Gasteiger partial charge in [-0.1, -0.05) is 0 Å². The van der Waals surface area contributed by atoms with E-state index in [4.69, 9.17) is 4.74 Å². The molecule has 7 heteroatoms. The van der Waals surface area contributed by atoms with Gasteiger partial charge in [0.05, 0.1) is 17.6 Å². The topological polar surface area (TPSA) is 78.7 Å². The second-order valence-electron chi connectivity index (χ2n) is 3.85. The average molecular weight is 271 g/mol. The van der Waals surface area contributed by atoms with Crippen molar-refractivity contribution in [3.8, 4) is 5.75 Å². The number of alkyl halides is 1. The summed E-state index contributed by atoms with van der Waals surface area (Å²) in [7, 11) is 0. The van der Waals surface area contributed by atoms with Crippen molar-refractivity contribution in [2.24, 2.45) is 0 Å². The maximum atomic E-state index is 13.4. The van der Waals surface area contributed by atoms with Crippen molar-refractivity contribution in [1.82, 2.24) is 0 Å². The molecule has 0 aliphatic carbocycles. The maximum absolute atomic E-state index is 13.4. The second-order valence-corrected chi connectivity index (χ2v) is 3.85. The highest BCUT2D eigenvalue weighted by Gasteiger charge is 2.23. The highest BCUT2D eigenvalue weighted by Crippen LogP contribution is 2.29. The molecule has 0 saturated carbocycles. The van der Waals surface area contributed by atoms with Gasteiger partial charge in [0.1, 0.15) is 5.75 Å². The van der Waals surface area contributed by atoms with Gasteiger partial charge in [-0.3, -0.25) is 10.1 Å². The van der Waals surface area contributed by atoms with Crippen LogP contribution in [0.1, 0.15) is 18.1 Å². The van der Waals surface area contributed by atoms with Crippen molar-refractivity contribution >= 4 is 11.7 Å². The molecule has 1 rings (SSSR count). The molecule has 0 spiro atoms. The van der Waals surface area contributed by atoms with Gasteiger partial charge in [-0.15, -0.1) is 0 Å². The molecular weight excluding hydrogens is 257 g/mol. The van der Waals surface area contributed by atoms with E-state index in [1.807, 2.05) is 0 Å². The number of hydrogen-bond donors (Lipinski definition) is 0. The summed E-state index contributed by atoms with van der Waals surface area (Å²) in [5, 5.41) is 10.8. The Morgan fingerprint density at radius 2 is 2.05 bits per heavy atom. The van der Waals surface area contributed by atoms with E-state index >= 15 is 0 Å². The molecule has 0 fully saturated rings. The van der Waals surface area contributed by atoms with Crippen LogP contribution in [0.2, 0.25) is 0 Å². The van der Waals surface area contributed by atoms with Crippen molar-refractivity contribution in [2.75, 3.05) is 6.61 Å². The van der Waals surface area contributed by atoms with Crippen LogP contribution in [0.15, 0.2) is 12.1 Å². The van der Waals surface area contributed by atoms with Gasteiger partial charge in [-0.05, 0) is 32.4 Å². The Kier molecular flexibility index (Phi) is 4.80. The molecule has 1 aromatic carbocycles. The smallest absolute Gasteiger partial charge is 0.381 e. The summed E-state index contributed by atoms with van der Waals surface area (Å²) in [6, 6.07) is 2.59. The molecule has 0 saturated heterocycles. The van der Waals surface area contributed by atoms with Crippen LogP contribution in [-0.4, -0.2) is 23.9 Å². The van der Waals surface area contributed by atoms with E-state index in [9.17, 15) is 19.3 Å². The number of aryl methyl sites for hydroxylation is 2. The van der Waals surface area contributed by atoms with Crippen LogP contribution in [0.5, 0.6) is 5.75 Å². The number of nitro groups is 1. The summed E-state index contributed by atoms with van der Waals surface area (Å²) in [6.45, 7) is 4.72. The van der Waals surface area contributed by atoms with Crippen molar-refractivity contribution < 1.29 is 23.6 Å². The molecule has 19 heavy (non-hydrogen) atoms. The third kappa shape index (κ3) is 3.64. The van der Waals surface area contributed by atoms with Gasteiger partial charge >= 0.3 is 12.3 Å². The summed E-state index contributed by atoms with van der Waals surface area (Å²) < 4.78 is 22.6. The number of hydrogen-bond acceptors (Lipinski definition) is 5. The van der Waals surface area contributed by atoms with Crippen molar-refractivity contribution in [3.63, 3.8) is 0 Å². The van der Waals surface area contributed by atoms with E-state index in [-0.39, 0.29) is 18.0 Å². The first-order valence-corrected chi connectivity index (χ1v) is 5.59. The lowest BCUT2D eigenvalue weighted by Gasteiger charge is -2.12. The van der Waals surface area contributed by atoms with E-state index in [1.54, 1.807) is 13.8 Å². The zero-order valence-corrected chi connectivity index (χ0v) is 10.8. The molecule has 0 heterocycles. The Labute approximate surface area is 109 Å². The van der Waals surface area contributed by atoms with Gasteiger partial charge in [0, 0.05) is 5.56 Å². The molecule has 1 aromatic rings. The molecule has 0 aromatic heterocycles. The van der Waals surface area contributed by atoms with Crippen LogP contribution in [0, 0.1) is 24.0 Å². The SMILES string of the molecule is CCOC(=O)C(F)Oc1cc([N+](=O)[O-])c(C)cc1C. The number of nitro benzene ring substituents is 1. The Bertz CT molecular complexity index is 503. The fourth-order valence-corrected chi connectivity index (χ4v) is 1.51. The Balaban J connectivity index is 2.98. The molecule has 6 nitrogen and oxygen atoms in total. The van der Waals surface area contributed by atoms with Gasteiger partial charge in [0.15, 0.2) is 0 Å². The standard InChI is InChI=1S/C12H14FNO5/c1-4-18-12(15)11(13)19-10-6-9(14(16)17)7(2)5-8(10)3/h5-6,11H,4H2,1-3H3. The highest BCUT2D eigenvalue weighted by molar-refractivity contribution is 5.73. The highest BCUT2D eigenvalue weighted by atomic mass is 19.1. The van der Waals surface area contributed by atoms with Gasteiger partial charge in [-0.25, -0.2) is 4.79 Å². The van der Waals surface area contributed by atoms with Gasteiger partial charge < -0.3 is 9.47 Å². The Morgan fingerprint density at radius 3 is 2.58 bits per heavy atom. The third-order valence-electron chi connectivity index (χ3n) is 2.39. The largest absolute Gasteiger partial charge is 0.461 e. The quantitative estimate of drug-likeness (QED) is 0.467. The zero-order valence-electron chi connectivity index (χ0n) is 10.8. The van der Waals surface area contributed by atoms with E-state index in [2.05, 4.69) is 4.74 Å². The normalized spacial score (nSPS) is 11.8. The van der Waals surface area contributed by atoms with Crippen LogP contribution in [-0.2, 0) is 9.53 Å². The first-order valence-electron chi connectivity index (χ1n) is 5.59. The van der Waals surface area contributed by atoms with Crippen LogP contribution in [0.4, 0.5) is 10.1 Å². The van der Waals surface area contributed by atoms with Crippen molar-refractivity contribution in [3.05, 3.63) is 33.4 Å². The summed E-state index contributed by atoms with van der Waals surface area (Å²) in [6.07, 6.45) is -2.30.